The zero-order valence-electron chi connectivity index (χ0n) is 8.78. The van der Waals surface area contributed by atoms with E-state index in [4.69, 9.17) is 5.73 Å². The molecule has 1 unspecified atom stereocenters. The second-order valence-electron chi connectivity index (χ2n) is 3.32. The zero-order chi connectivity index (χ0) is 13.3. The van der Waals surface area contributed by atoms with E-state index in [-0.39, 0.29) is 5.69 Å². The van der Waals surface area contributed by atoms with Crippen molar-refractivity contribution < 1.29 is 27.8 Å². The van der Waals surface area contributed by atoms with Crippen LogP contribution in [0, 0.1) is 0 Å². The molecule has 0 aromatic heterocycles. The van der Waals surface area contributed by atoms with E-state index < -0.39 is 23.3 Å². The fraction of sp³-hybridized carbons (Fsp3) is 0.300. The lowest BCUT2D eigenvalue weighted by Crippen LogP contribution is -2.49. The number of hydrogen-bond acceptors (Lipinski definition) is 4. The van der Waals surface area contributed by atoms with Crippen LogP contribution in [-0.4, -0.2) is 24.4 Å². The minimum absolute atomic E-state index is 0.211. The van der Waals surface area contributed by atoms with E-state index in [1.165, 1.54) is 0 Å². The Balaban J connectivity index is 3.34. The number of nitrogen functional groups attached to an aromatic ring is 1. The first-order chi connectivity index (χ1) is 7.73. The summed E-state index contributed by atoms with van der Waals surface area (Å²) >= 11 is 0. The lowest BCUT2D eigenvalue weighted by Gasteiger charge is -2.27. The SMILES string of the molecule is COC(=O)C(O)(c1ccc(N)cc1)C(F)(F)F. The number of carbonyl (C=O) groups excluding carboxylic acids is 1. The van der Waals surface area contributed by atoms with Crippen LogP contribution in [0.2, 0.25) is 0 Å². The number of ether oxygens (including phenoxy) is 1. The van der Waals surface area contributed by atoms with E-state index in [1.807, 2.05) is 0 Å². The third-order valence-electron chi connectivity index (χ3n) is 2.22. The first kappa shape index (κ1) is 13.3. The van der Waals surface area contributed by atoms with Crippen LogP contribution in [0.25, 0.3) is 0 Å². The van der Waals surface area contributed by atoms with Gasteiger partial charge in [-0.15, -0.1) is 0 Å². The number of benzene rings is 1. The summed E-state index contributed by atoms with van der Waals surface area (Å²) in [4.78, 5) is 11.1. The maximum Gasteiger partial charge on any atom is 0.432 e. The van der Waals surface area contributed by atoms with Gasteiger partial charge in [0.1, 0.15) is 0 Å². The summed E-state index contributed by atoms with van der Waals surface area (Å²) in [5.41, 5.74) is 1.19. The number of anilines is 1. The Kier molecular flexibility index (Phi) is 3.33. The van der Waals surface area contributed by atoms with Gasteiger partial charge >= 0.3 is 12.1 Å². The molecule has 3 N–H and O–H groups in total. The average molecular weight is 249 g/mol. The van der Waals surface area contributed by atoms with Gasteiger partial charge in [0.15, 0.2) is 0 Å². The van der Waals surface area contributed by atoms with Crippen molar-refractivity contribution >= 4 is 11.7 Å². The van der Waals surface area contributed by atoms with Crippen molar-refractivity contribution in [1.82, 2.24) is 0 Å². The molecule has 7 heteroatoms. The van der Waals surface area contributed by atoms with Crippen molar-refractivity contribution in [3.05, 3.63) is 29.8 Å². The van der Waals surface area contributed by atoms with Gasteiger partial charge < -0.3 is 15.6 Å². The van der Waals surface area contributed by atoms with E-state index in [1.54, 1.807) is 0 Å². The van der Waals surface area contributed by atoms with Gasteiger partial charge in [-0.05, 0) is 12.1 Å². The second kappa shape index (κ2) is 4.25. The molecule has 94 valence electrons. The maximum absolute atomic E-state index is 12.7. The van der Waals surface area contributed by atoms with Crippen molar-refractivity contribution in [2.75, 3.05) is 12.8 Å². The molecule has 0 bridgehead atoms. The molecule has 0 radical (unpaired) electrons. The molecule has 0 aliphatic carbocycles. The number of hydrogen-bond donors (Lipinski definition) is 2. The van der Waals surface area contributed by atoms with E-state index >= 15 is 0 Å². The van der Waals surface area contributed by atoms with Crippen LogP contribution in [-0.2, 0) is 15.1 Å². The highest BCUT2D eigenvalue weighted by atomic mass is 19.4. The predicted molar refractivity (Wildman–Crippen MR) is 52.8 cm³/mol. The number of halogens is 3. The predicted octanol–water partition coefficient (Wildman–Crippen LogP) is 1.19. The van der Waals surface area contributed by atoms with Gasteiger partial charge in [0.2, 0.25) is 0 Å². The molecular weight excluding hydrogens is 239 g/mol. The Bertz CT molecular complexity index is 416. The number of rotatable bonds is 2. The van der Waals surface area contributed by atoms with Crippen LogP contribution in [0.4, 0.5) is 18.9 Å². The van der Waals surface area contributed by atoms with Crippen molar-refractivity contribution in [1.29, 1.82) is 0 Å². The van der Waals surface area contributed by atoms with Gasteiger partial charge in [-0.2, -0.15) is 13.2 Å². The molecule has 1 atom stereocenters. The van der Waals surface area contributed by atoms with Gasteiger partial charge in [0.05, 0.1) is 7.11 Å². The highest BCUT2D eigenvalue weighted by Gasteiger charge is 2.61. The Morgan fingerprint density at radius 2 is 1.76 bits per heavy atom. The summed E-state index contributed by atoms with van der Waals surface area (Å²) in [5, 5.41) is 9.54. The largest absolute Gasteiger partial charge is 0.466 e. The Morgan fingerprint density at radius 3 is 2.12 bits per heavy atom. The van der Waals surface area contributed by atoms with Gasteiger partial charge in [-0.3, -0.25) is 0 Å². The number of carbonyl (C=O) groups is 1. The molecule has 4 nitrogen and oxygen atoms in total. The minimum atomic E-state index is -5.18. The Hall–Kier alpha value is -1.76. The van der Waals surface area contributed by atoms with Crippen molar-refractivity contribution in [2.45, 2.75) is 11.8 Å². The summed E-state index contributed by atoms with van der Waals surface area (Å²) in [6.07, 6.45) is -5.18. The first-order valence-corrected chi connectivity index (χ1v) is 4.47. The van der Waals surface area contributed by atoms with E-state index in [2.05, 4.69) is 4.74 Å². The lowest BCUT2D eigenvalue weighted by molar-refractivity contribution is -0.266. The minimum Gasteiger partial charge on any atom is -0.466 e. The highest BCUT2D eigenvalue weighted by Crippen LogP contribution is 2.40. The van der Waals surface area contributed by atoms with Gasteiger partial charge in [-0.1, -0.05) is 12.1 Å². The Morgan fingerprint density at radius 1 is 1.29 bits per heavy atom. The third-order valence-corrected chi connectivity index (χ3v) is 2.22. The van der Waals surface area contributed by atoms with Crippen molar-refractivity contribution in [3.8, 4) is 0 Å². The lowest BCUT2D eigenvalue weighted by atomic mass is 9.93. The quantitative estimate of drug-likeness (QED) is 0.610. The smallest absolute Gasteiger partial charge is 0.432 e. The second-order valence-corrected chi connectivity index (χ2v) is 3.32. The van der Waals surface area contributed by atoms with E-state index in [0.29, 0.717) is 0 Å². The fourth-order valence-corrected chi connectivity index (χ4v) is 1.27. The molecule has 1 aromatic carbocycles. The third kappa shape index (κ3) is 2.19. The molecule has 0 saturated carbocycles. The standard InChI is InChI=1S/C10H10F3NO3/c1-17-8(15)9(16,10(11,12)13)6-2-4-7(14)5-3-6/h2-5,16H,14H2,1H3. The van der Waals surface area contributed by atoms with Gasteiger partial charge in [-0.25, -0.2) is 4.79 Å². The Labute approximate surface area is 94.8 Å². The number of esters is 1. The number of methoxy groups -OCH3 is 1. The molecule has 0 aliphatic rings. The van der Waals surface area contributed by atoms with Crippen molar-refractivity contribution in [2.24, 2.45) is 0 Å². The molecule has 0 amide bonds. The van der Waals surface area contributed by atoms with Crippen LogP contribution in [0.15, 0.2) is 24.3 Å². The molecule has 1 rings (SSSR count). The molecule has 0 aliphatic heterocycles. The van der Waals surface area contributed by atoms with E-state index in [0.717, 1.165) is 31.4 Å². The first-order valence-electron chi connectivity index (χ1n) is 4.47. The molecule has 17 heavy (non-hydrogen) atoms. The van der Waals surface area contributed by atoms with Crippen LogP contribution < -0.4 is 5.73 Å². The van der Waals surface area contributed by atoms with Crippen molar-refractivity contribution in [3.63, 3.8) is 0 Å². The fourth-order valence-electron chi connectivity index (χ4n) is 1.27. The van der Waals surface area contributed by atoms with Crippen LogP contribution in [0.3, 0.4) is 0 Å². The molecule has 0 fully saturated rings. The summed E-state index contributed by atoms with van der Waals surface area (Å²) < 4.78 is 42.2. The zero-order valence-corrected chi connectivity index (χ0v) is 8.78. The van der Waals surface area contributed by atoms with Crippen LogP contribution >= 0.6 is 0 Å². The number of alkyl halides is 3. The monoisotopic (exact) mass is 249 g/mol. The molecule has 0 spiro atoms. The summed E-state index contributed by atoms with van der Waals surface area (Å²) in [6, 6.07) is 4.13. The molecule has 0 saturated heterocycles. The van der Waals surface area contributed by atoms with Crippen LogP contribution in [0.5, 0.6) is 0 Å². The summed E-state index contributed by atoms with van der Waals surface area (Å²) in [6.45, 7) is 0. The molecule has 1 aromatic rings. The van der Waals surface area contributed by atoms with Gasteiger partial charge in [0, 0.05) is 11.3 Å². The van der Waals surface area contributed by atoms with Gasteiger partial charge in [0.25, 0.3) is 5.60 Å². The summed E-state index contributed by atoms with van der Waals surface area (Å²) in [5.74, 6) is -1.80. The molecule has 0 heterocycles. The van der Waals surface area contributed by atoms with E-state index in [9.17, 15) is 23.1 Å². The molecular formula is C10H10F3NO3. The topological polar surface area (TPSA) is 72.5 Å². The summed E-state index contributed by atoms with van der Waals surface area (Å²) in [7, 11) is 0.760. The number of nitrogens with two attached hydrogens (primary N) is 1. The average Bonchev–Trinajstić information content (AvgIpc) is 2.26. The number of aliphatic hydroxyl groups is 1. The normalized spacial score (nSPS) is 15.1. The van der Waals surface area contributed by atoms with Crippen LogP contribution in [0.1, 0.15) is 5.56 Å². The maximum atomic E-state index is 12.7. The highest BCUT2D eigenvalue weighted by molar-refractivity contribution is 5.82.